The largest absolute Gasteiger partial charge is 0.467 e. The molecule has 0 aliphatic heterocycles. The van der Waals surface area contributed by atoms with Gasteiger partial charge in [-0.15, -0.1) is 0 Å². The minimum atomic E-state index is -4.55. The number of anilines is 4. The molecule has 4 aromatic rings. The van der Waals surface area contributed by atoms with E-state index in [1.165, 1.54) is 24.0 Å². The third kappa shape index (κ3) is 9.46. The Morgan fingerprint density at radius 2 is 1.09 bits per heavy atom. The zero-order valence-electron chi connectivity index (χ0n) is 27.4. The van der Waals surface area contributed by atoms with Crippen LogP contribution < -0.4 is 19.3 Å². The van der Waals surface area contributed by atoms with E-state index in [-0.39, 0.29) is 42.1 Å². The Balaban J connectivity index is 0.000000256. The number of methoxy groups -OCH3 is 1. The van der Waals surface area contributed by atoms with Gasteiger partial charge >= 0.3 is 24.4 Å². The number of nitrogens with zero attached hydrogens (tertiary/aromatic N) is 6. The first kappa shape index (κ1) is 36.8. The van der Waals surface area contributed by atoms with Gasteiger partial charge in [0.25, 0.3) is 0 Å². The SMILES string of the molecule is CCOc1ncc(C(F)(F)F)c(N(C)c2cccc(C(C)C)c2)n1.COc1ncc(C(F)(F)F)c(N(C)c2cccc(C(C)C)c2)n1. The van der Waals surface area contributed by atoms with Crippen molar-refractivity contribution in [2.75, 3.05) is 37.6 Å². The molecule has 47 heavy (non-hydrogen) atoms. The third-order valence-corrected chi connectivity index (χ3v) is 7.04. The van der Waals surface area contributed by atoms with Crippen LogP contribution in [0, 0.1) is 0 Å². The number of hydrogen-bond donors (Lipinski definition) is 0. The molecule has 14 heteroatoms. The summed E-state index contributed by atoms with van der Waals surface area (Å²) in [5, 5.41) is 0. The highest BCUT2D eigenvalue weighted by Crippen LogP contribution is 2.39. The van der Waals surface area contributed by atoms with Gasteiger partial charge in [0.1, 0.15) is 11.1 Å². The summed E-state index contributed by atoms with van der Waals surface area (Å²) in [6, 6.07) is 14.5. The van der Waals surface area contributed by atoms with Crippen molar-refractivity contribution in [1.82, 2.24) is 19.9 Å². The molecule has 8 nitrogen and oxygen atoms in total. The Kier molecular flexibility index (Phi) is 12.0. The van der Waals surface area contributed by atoms with Crippen LogP contribution in [-0.4, -0.2) is 47.7 Å². The maximum Gasteiger partial charge on any atom is 0.421 e. The van der Waals surface area contributed by atoms with Crippen molar-refractivity contribution in [2.24, 2.45) is 0 Å². The lowest BCUT2D eigenvalue weighted by molar-refractivity contribution is -0.138. The van der Waals surface area contributed by atoms with Crippen LogP contribution in [0.15, 0.2) is 60.9 Å². The predicted octanol–water partition coefficient (Wildman–Crippen LogP) is 9.18. The van der Waals surface area contributed by atoms with Gasteiger partial charge in [0.15, 0.2) is 11.6 Å². The minimum Gasteiger partial charge on any atom is -0.467 e. The number of alkyl halides is 6. The lowest BCUT2D eigenvalue weighted by Crippen LogP contribution is -2.19. The number of ether oxygens (including phenoxy) is 2. The van der Waals surface area contributed by atoms with E-state index in [4.69, 9.17) is 9.47 Å². The number of benzene rings is 2. The summed E-state index contributed by atoms with van der Waals surface area (Å²) in [6.45, 7) is 10.1. The van der Waals surface area contributed by atoms with Crippen LogP contribution >= 0.6 is 0 Å². The number of aromatic nitrogens is 4. The molecule has 0 amide bonds. The highest BCUT2D eigenvalue weighted by molar-refractivity contribution is 5.64. The third-order valence-electron chi connectivity index (χ3n) is 7.04. The highest BCUT2D eigenvalue weighted by atomic mass is 19.4. The van der Waals surface area contributed by atoms with Crippen molar-refractivity contribution < 1.29 is 35.8 Å². The molecule has 0 unspecified atom stereocenters. The standard InChI is InChI=1S/C17H20F3N3O.C16H18F3N3O/c1-5-24-16-21-10-14(17(18,19)20)15(22-16)23(4)13-8-6-7-12(9-13)11(2)3;1-10(2)11-6-5-7-12(8-11)22(3)14-13(16(17,18)19)9-20-15(21-14)23-4/h6-11H,5H2,1-4H3;5-10H,1-4H3. The lowest BCUT2D eigenvalue weighted by Gasteiger charge is -2.23. The number of hydrogen-bond acceptors (Lipinski definition) is 8. The van der Waals surface area contributed by atoms with Gasteiger partial charge in [0.05, 0.1) is 13.7 Å². The molecule has 0 saturated heterocycles. The van der Waals surface area contributed by atoms with Crippen molar-refractivity contribution in [2.45, 2.75) is 58.8 Å². The van der Waals surface area contributed by atoms with E-state index in [0.717, 1.165) is 23.5 Å². The molecule has 0 bridgehead atoms. The molecule has 254 valence electrons. The first-order valence-corrected chi connectivity index (χ1v) is 14.7. The summed E-state index contributed by atoms with van der Waals surface area (Å²) in [5.41, 5.74) is 1.49. The second kappa shape index (κ2) is 15.3. The van der Waals surface area contributed by atoms with E-state index in [0.29, 0.717) is 11.4 Å². The highest BCUT2D eigenvalue weighted by Gasteiger charge is 2.38. The molecule has 0 spiro atoms. The van der Waals surface area contributed by atoms with Gasteiger partial charge < -0.3 is 19.3 Å². The zero-order valence-corrected chi connectivity index (χ0v) is 27.4. The van der Waals surface area contributed by atoms with Gasteiger partial charge in [0.2, 0.25) is 0 Å². The van der Waals surface area contributed by atoms with Crippen LogP contribution in [0.1, 0.15) is 68.7 Å². The van der Waals surface area contributed by atoms with Crippen LogP contribution in [0.5, 0.6) is 12.0 Å². The average Bonchev–Trinajstić information content (AvgIpc) is 3.03. The molecular formula is C33H38F6N6O2. The fourth-order valence-electron chi connectivity index (χ4n) is 4.35. The second-order valence-electron chi connectivity index (χ2n) is 11.0. The van der Waals surface area contributed by atoms with Gasteiger partial charge in [-0.05, 0) is 54.2 Å². The lowest BCUT2D eigenvalue weighted by atomic mass is 10.0. The van der Waals surface area contributed by atoms with E-state index in [1.807, 2.05) is 64.1 Å². The molecule has 0 fully saturated rings. The Hall–Kier alpha value is -4.62. The van der Waals surface area contributed by atoms with Crippen LogP contribution in [0.25, 0.3) is 0 Å². The van der Waals surface area contributed by atoms with Gasteiger partial charge in [-0.1, -0.05) is 52.0 Å². The maximum atomic E-state index is 13.3. The Labute approximate surface area is 270 Å². The molecule has 0 atom stereocenters. The smallest absolute Gasteiger partial charge is 0.421 e. The average molecular weight is 665 g/mol. The minimum absolute atomic E-state index is 0.0765. The van der Waals surface area contributed by atoms with E-state index in [9.17, 15) is 26.3 Å². The topological polar surface area (TPSA) is 76.5 Å². The predicted molar refractivity (Wildman–Crippen MR) is 169 cm³/mol. The Morgan fingerprint density at radius 3 is 1.45 bits per heavy atom. The molecule has 2 aromatic heterocycles. The maximum absolute atomic E-state index is 13.3. The fraction of sp³-hybridized carbons (Fsp3) is 0.394. The molecule has 0 saturated carbocycles. The summed E-state index contributed by atoms with van der Waals surface area (Å²) in [5.74, 6) is 0.0577. The molecule has 0 N–H and O–H groups in total. The van der Waals surface area contributed by atoms with Crippen LogP contribution in [0.4, 0.5) is 49.4 Å². The fourth-order valence-corrected chi connectivity index (χ4v) is 4.35. The van der Waals surface area contributed by atoms with Crippen molar-refractivity contribution in [1.29, 1.82) is 0 Å². The van der Waals surface area contributed by atoms with Gasteiger partial charge in [-0.2, -0.15) is 36.3 Å². The molecule has 0 radical (unpaired) electrons. The molecule has 0 aliphatic carbocycles. The molecular weight excluding hydrogens is 626 g/mol. The van der Waals surface area contributed by atoms with Crippen molar-refractivity contribution in [3.63, 3.8) is 0 Å². The van der Waals surface area contributed by atoms with Crippen LogP contribution in [0.2, 0.25) is 0 Å². The monoisotopic (exact) mass is 664 g/mol. The Bertz CT molecular complexity index is 1630. The second-order valence-corrected chi connectivity index (χ2v) is 11.0. The zero-order chi connectivity index (χ0) is 35.1. The summed E-state index contributed by atoms with van der Waals surface area (Å²) >= 11 is 0. The molecule has 2 heterocycles. The van der Waals surface area contributed by atoms with Crippen molar-refractivity contribution in [3.8, 4) is 12.0 Å². The van der Waals surface area contributed by atoms with Crippen molar-refractivity contribution in [3.05, 3.63) is 83.2 Å². The van der Waals surface area contributed by atoms with Crippen LogP contribution in [-0.2, 0) is 12.4 Å². The van der Waals surface area contributed by atoms with E-state index < -0.39 is 23.5 Å². The summed E-state index contributed by atoms with van der Waals surface area (Å²) in [4.78, 5) is 17.8. The van der Waals surface area contributed by atoms with E-state index >= 15 is 0 Å². The molecule has 2 aromatic carbocycles. The first-order valence-electron chi connectivity index (χ1n) is 14.7. The molecule has 0 aliphatic rings. The van der Waals surface area contributed by atoms with Crippen LogP contribution in [0.3, 0.4) is 0 Å². The summed E-state index contributed by atoms with van der Waals surface area (Å²) < 4.78 is 89.6. The van der Waals surface area contributed by atoms with Crippen molar-refractivity contribution >= 4 is 23.0 Å². The molecule has 4 rings (SSSR count). The van der Waals surface area contributed by atoms with E-state index in [2.05, 4.69) is 19.9 Å². The van der Waals surface area contributed by atoms with Gasteiger partial charge in [-0.3, -0.25) is 0 Å². The summed E-state index contributed by atoms with van der Waals surface area (Å²) in [7, 11) is 4.40. The quantitative estimate of drug-likeness (QED) is 0.164. The normalized spacial score (nSPS) is 11.7. The number of halogens is 6. The number of rotatable bonds is 9. The summed E-state index contributed by atoms with van der Waals surface area (Å²) in [6.07, 6.45) is -7.60. The first-order chi connectivity index (χ1) is 22.0. The Morgan fingerprint density at radius 1 is 0.681 bits per heavy atom. The van der Waals surface area contributed by atoms with Gasteiger partial charge in [-0.25, -0.2) is 9.97 Å². The van der Waals surface area contributed by atoms with E-state index in [1.54, 1.807) is 26.1 Å². The van der Waals surface area contributed by atoms with Gasteiger partial charge in [0, 0.05) is 37.9 Å².